The smallest absolute Gasteiger partial charge is 0.237 e. The molecule has 4 aromatic rings. The van der Waals surface area contributed by atoms with Crippen LogP contribution in [-0.4, -0.2) is 37.6 Å². The molecular formula is C21H21N5O2S2. The Bertz CT molecular complexity index is 1120. The summed E-state index contributed by atoms with van der Waals surface area (Å²) >= 11 is 3.22. The van der Waals surface area contributed by atoms with Gasteiger partial charge in [-0.1, -0.05) is 47.3 Å². The molecule has 0 aliphatic carbocycles. The van der Waals surface area contributed by atoms with Gasteiger partial charge in [-0.3, -0.25) is 4.57 Å². The zero-order valence-corrected chi connectivity index (χ0v) is 18.2. The summed E-state index contributed by atoms with van der Waals surface area (Å²) in [5.74, 6) is 2.60. The van der Waals surface area contributed by atoms with Crippen LogP contribution in [-0.2, 0) is 17.0 Å². The van der Waals surface area contributed by atoms with Gasteiger partial charge >= 0.3 is 0 Å². The van der Waals surface area contributed by atoms with Gasteiger partial charge in [0.25, 0.3) is 0 Å². The number of nitrogens with zero attached hydrogens (tertiary/aromatic N) is 5. The predicted molar refractivity (Wildman–Crippen MR) is 116 cm³/mol. The average Bonchev–Trinajstić information content (AvgIpc) is 3.55. The monoisotopic (exact) mass is 439 g/mol. The van der Waals surface area contributed by atoms with E-state index in [0.717, 1.165) is 53.0 Å². The summed E-state index contributed by atoms with van der Waals surface area (Å²) in [7, 11) is 0. The van der Waals surface area contributed by atoms with E-state index in [4.69, 9.17) is 9.26 Å². The predicted octanol–water partition coefficient (Wildman–Crippen LogP) is 4.84. The SMILES string of the molecule is Cc1ccccc1-c1noc(CSc2nnc(-c3cccs3)n2CC2CCCO2)n1. The molecule has 9 heteroatoms. The van der Waals surface area contributed by atoms with Crippen LogP contribution in [0.1, 0.15) is 24.3 Å². The van der Waals surface area contributed by atoms with E-state index < -0.39 is 0 Å². The number of aryl methyl sites for hydroxylation is 1. The first kappa shape index (κ1) is 19.5. The highest BCUT2D eigenvalue weighted by molar-refractivity contribution is 7.98. The fourth-order valence-corrected chi connectivity index (χ4v) is 5.02. The van der Waals surface area contributed by atoms with Crippen LogP contribution in [0.3, 0.4) is 0 Å². The Morgan fingerprint density at radius 3 is 2.93 bits per heavy atom. The Labute approximate surface area is 182 Å². The molecule has 1 aliphatic heterocycles. The lowest BCUT2D eigenvalue weighted by Gasteiger charge is -2.13. The summed E-state index contributed by atoms with van der Waals surface area (Å²) in [5, 5.41) is 15.9. The van der Waals surface area contributed by atoms with Gasteiger partial charge < -0.3 is 9.26 Å². The Morgan fingerprint density at radius 1 is 1.20 bits per heavy atom. The van der Waals surface area contributed by atoms with Crippen molar-refractivity contribution in [3.05, 3.63) is 53.2 Å². The summed E-state index contributed by atoms with van der Waals surface area (Å²) in [6.07, 6.45) is 2.37. The molecule has 1 fully saturated rings. The highest BCUT2D eigenvalue weighted by Crippen LogP contribution is 2.30. The van der Waals surface area contributed by atoms with Crippen molar-refractivity contribution in [2.45, 2.75) is 43.3 Å². The van der Waals surface area contributed by atoms with Gasteiger partial charge in [0.05, 0.1) is 23.3 Å². The molecule has 0 radical (unpaired) electrons. The molecule has 1 atom stereocenters. The molecule has 154 valence electrons. The zero-order valence-electron chi connectivity index (χ0n) is 16.5. The van der Waals surface area contributed by atoms with Crippen LogP contribution in [0.5, 0.6) is 0 Å². The quantitative estimate of drug-likeness (QED) is 0.381. The van der Waals surface area contributed by atoms with E-state index in [2.05, 4.69) is 36.4 Å². The molecule has 1 aliphatic rings. The van der Waals surface area contributed by atoms with Gasteiger partial charge in [0.15, 0.2) is 11.0 Å². The number of hydrogen-bond donors (Lipinski definition) is 0. The van der Waals surface area contributed by atoms with Crippen LogP contribution in [0.4, 0.5) is 0 Å². The van der Waals surface area contributed by atoms with E-state index in [-0.39, 0.29) is 6.10 Å². The van der Waals surface area contributed by atoms with Gasteiger partial charge in [-0.05, 0) is 36.8 Å². The standard InChI is InChI=1S/C21H21N5O2S2/c1-14-6-2-3-8-16(14)19-22-18(28-25-19)13-30-21-24-23-20(17-9-5-11-29-17)26(21)12-15-7-4-10-27-15/h2-3,5-6,8-9,11,15H,4,7,10,12-13H2,1H3. The summed E-state index contributed by atoms with van der Waals surface area (Å²) in [6.45, 7) is 3.62. The maximum absolute atomic E-state index is 5.86. The second-order valence-corrected chi connectivity index (χ2v) is 9.03. The first-order valence-electron chi connectivity index (χ1n) is 9.88. The van der Waals surface area contributed by atoms with Crippen LogP contribution in [0.2, 0.25) is 0 Å². The fraction of sp³-hybridized carbons (Fsp3) is 0.333. The molecule has 0 bridgehead atoms. The molecule has 1 saturated heterocycles. The molecule has 1 unspecified atom stereocenters. The maximum Gasteiger partial charge on any atom is 0.237 e. The van der Waals surface area contributed by atoms with Crippen molar-refractivity contribution < 1.29 is 9.26 Å². The van der Waals surface area contributed by atoms with Gasteiger partial charge in [0, 0.05) is 12.2 Å². The van der Waals surface area contributed by atoms with Crippen molar-refractivity contribution in [1.29, 1.82) is 0 Å². The molecule has 0 spiro atoms. The minimum Gasteiger partial charge on any atom is -0.376 e. The number of hydrogen-bond acceptors (Lipinski definition) is 8. The molecule has 3 aromatic heterocycles. The normalized spacial score (nSPS) is 16.4. The van der Waals surface area contributed by atoms with Crippen molar-refractivity contribution in [2.75, 3.05) is 6.61 Å². The molecule has 0 saturated carbocycles. The Hall–Kier alpha value is -2.49. The van der Waals surface area contributed by atoms with E-state index >= 15 is 0 Å². The van der Waals surface area contributed by atoms with Crippen molar-refractivity contribution in [3.63, 3.8) is 0 Å². The number of rotatable bonds is 7. The van der Waals surface area contributed by atoms with Crippen LogP contribution in [0.25, 0.3) is 22.1 Å². The summed E-state index contributed by atoms with van der Waals surface area (Å²) < 4.78 is 13.5. The lowest BCUT2D eigenvalue weighted by molar-refractivity contribution is 0.0953. The van der Waals surface area contributed by atoms with Gasteiger partial charge in [0.2, 0.25) is 11.7 Å². The number of thioether (sulfide) groups is 1. The number of aromatic nitrogens is 5. The van der Waals surface area contributed by atoms with Crippen LogP contribution in [0, 0.1) is 6.92 Å². The third-order valence-corrected chi connectivity index (χ3v) is 6.86. The zero-order chi connectivity index (χ0) is 20.3. The summed E-state index contributed by atoms with van der Waals surface area (Å²) in [6, 6.07) is 12.1. The molecule has 5 rings (SSSR count). The molecular weight excluding hydrogens is 418 g/mol. The lowest BCUT2D eigenvalue weighted by Crippen LogP contribution is -2.16. The second kappa shape index (κ2) is 8.71. The van der Waals surface area contributed by atoms with Gasteiger partial charge in [-0.15, -0.1) is 21.5 Å². The maximum atomic E-state index is 5.86. The largest absolute Gasteiger partial charge is 0.376 e. The van der Waals surface area contributed by atoms with Crippen LogP contribution >= 0.6 is 23.1 Å². The van der Waals surface area contributed by atoms with Crippen molar-refractivity contribution in [3.8, 4) is 22.1 Å². The number of thiophene rings is 1. The van der Waals surface area contributed by atoms with Gasteiger partial charge in [-0.2, -0.15) is 4.98 Å². The third-order valence-electron chi connectivity index (χ3n) is 5.05. The van der Waals surface area contributed by atoms with Crippen molar-refractivity contribution in [2.24, 2.45) is 0 Å². The van der Waals surface area contributed by atoms with E-state index in [9.17, 15) is 0 Å². The number of benzene rings is 1. The molecule has 7 nitrogen and oxygen atoms in total. The summed E-state index contributed by atoms with van der Waals surface area (Å²) in [5.41, 5.74) is 2.11. The first-order valence-corrected chi connectivity index (χ1v) is 11.7. The molecule has 1 aromatic carbocycles. The molecule has 0 N–H and O–H groups in total. The highest BCUT2D eigenvalue weighted by Gasteiger charge is 2.22. The van der Waals surface area contributed by atoms with Crippen molar-refractivity contribution >= 4 is 23.1 Å². The number of ether oxygens (including phenoxy) is 1. The molecule has 4 heterocycles. The summed E-state index contributed by atoms with van der Waals surface area (Å²) in [4.78, 5) is 5.67. The topological polar surface area (TPSA) is 78.9 Å². The van der Waals surface area contributed by atoms with E-state index in [0.29, 0.717) is 17.5 Å². The highest BCUT2D eigenvalue weighted by atomic mass is 32.2. The second-order valence-electron chi connectivity index (χ2n) is 7.14. The Morgan fingerprint density at radius 2 is 2.13 bits per heavy atom. The van der Waals surface area contributed by atoms with E-state index in [1.165, 1.54) is 0 Å². The minimum absolute atomic E-state index is 0.204. The average molecular weight is 440 g/mol. The van der Waals surface area contributed by atoms with E-state index in [1.807, 2.05) is 37.3 Å². The van der Waals surface area contributed by atoms with Gasteiger partial charge in [-0.25, -0.2) is 0 Å². The lowest BCUT2D eigenvalue weighted by atomic mass is 10.1. The molecule has 30 heavy (non-hydrogen) atoms. The Kier molecular flexibility index (Phi) is 5.65. The first-order chi connectivity index (χ1) is 14.8. The van der Waals surface area contributed by atoms with Crippen LogP contribution < -0.4 is 0 Å². The van der Waals surface area contributed by atoms with Crippen molar-refractivity contribution in [1.82, 2.24) is 24.9 Å². The fourth-order valence-electron chi connectivity index (χ4n) is 3.51. The minimum atomic E-state index is 0.204. The van der Waals surface area contributed by atoms with Gasteiger partial charge in [0.1, 0.15) is 0 Å². The molecule has 0 amide bonds. The van der Waals surface area contributed by atoms with E-state index in [1.54, 1.807) is 23.1 Å². The van der Waals surface area contributed by atoms with Crippen LogP contribution in [0.15, 0.2) is 51.5 Å². The third kappa shape index (κ3) is 4.05. The Balaban J connectivity index is 1.35.